The van der Waals surface area contributed by atoms with Gasteiger partial charge >= 0.3 is 0 Å². The van der Waals surface area contributed by atoms with Gasteiger partial charge in [-0.15, -0.1) is 23.7 Å². The van der Waals surface area contributed by atoms with Gasteiger partial charge in [-0.1, -0.05) is 43.3 Å². The number of rotatable bonds is 6. The summed E-state index contributed by atoms with van der Waals surface area (Å²) in [5, 5.41) is 5.72. The van der Waals surface area contributed by atoms with Crippen molar-refractivity contribution in [1.29, 1.82) is 0 Å². The minimum Gasteiger partial charge on any atom is -0.316 e. The van der Waals surface area contributed by atoms with Gasteiger partial charge in [0.15, 0.2) is 0 Å². The van der Waals surface area contributed by atoms with Crippen molar-refractivity contribution in [3.05, 3.63) is 58.3 Å². The zero-order valence-electron chi connectivity index (χ0n) is 14.0. The zero-order valence-corrected chi connectivity index (χ0v) is 15.6. The normalized spacial score (nSPS) is 22.0. The van der Waals surface area contributed by atoms with E-state index >= 15 is 0 Å². The van der Waals surface area contributed by atoms with Gasteiger partial charge < -0.3 is 5.32 Å². The molecule has 0 bridgehead atoms. The standard InChI is InChI=1S/C19H26N2S.ClH/c1-16(18-9-6-12-22-18)21(13-17-7-4-3-5-8-17)15-19(2)10-11-20-14-19;/h3-9,12,16,20H,10-11,13-15H2,1-2H3;1H. The highest BCUT2D eigenvalue weighted by molar-refractivity contribution is 7.10. The molecule has 0 aliphatic carbocycles. The van der Waals surface area contributed by atoms with Gasteiger partial charge in [0.25, 0.3) is 0 Å². The molecule has 3 rings (SSSR count). The Labute approximate surface area is 150 Å². The fourth-order valence-corrected chi connectivity index (χ4v) is 4.17. The summed E-state index contributed by atoms with van der Waals surface area (Å²) < 4.78 is 0. The van der Waals surface area contributed by atoms with Crippen molar-refractivity contribution in [2.75, 3.05) is 19.6 Å². The maximum Gasteiger partial charge on any atom is 0.0417 e. The van der Waals surface area contributed by atoms with E-state index in [2.05, 4.69) is 71.9 Å². The molecule has 0 radical (unpaired) electrons. The van der Waals surface area contributed by atoms with E-state index in [1.54, 1.807) is 0 Å². The summed E-state index contributed by atoms with van der Waals surface area (Å²) in [6, 6.07) is 15.8. The molecule has 0 saturated carbocycles. The molecule has 23 heavy (non-hydrogen) atoms. The highest BCUT2D eigenvalue weighted by atomic mass is 35.5. The summed E-state index contributed by atoms with van der Waals surface area (Å²) in [6.07, 6.45) is 1.27. The number of benzene rings is 1. The van der Waals surface area contributed by atoms with Gasteiger partial charge in [-0.05, 0) is 42.3 Å². The van der Waals surface area contributed by atoms with Crippen LogP contribution in [0.1, 0.15) is 36.8 Å². The monoisotopic (exact) mass is 350 g/mol. The fraction of sp³-hybridized carbons (Fsp3) is 0.474. The molecule has 2 nitrogen and oxygen atoms in total. The molecule has 2 heterocycles. The van der Waals surface area contributed by atoms with Crippen molar-refractivity contribution in [2.24, 2.45) is 5.41 Å². The molecule has 2 unspecified atom stereocenters. The van der Waals surface area contributed by atoms with Crippen molar-refractivity contribution in [3.63, 3.8) is 0 Å². The first kappa shape index (κ1) is 18.5. The molecule has 4 heteroatoms. The molecule has 1 aromatic carbocycles. The van der Waals surface area contributed by atoms with Gasteiger partial charge in [0.2, 0.25) is 0 Å². The van der Waals surface area contributed by atoms with Crippen LogP contribution in [0.5, 0.6) is 0 Å². The third kappa shape index (κ3) is 4.80. The van der Waals surface area contributed by atoms with E-state index in [0.29, 0.717) is 11.5 Å². The van der Waals surface area contributed by atoms with Crippen LogP contribution in [0.15, 0.2) is 47.8 Å². The van der Waals surface area contributed by atoms with Gasteiger partial charge in [-0.2, -0.15) is 0 Å². The van der Waals surface area contributed by atoms with Crippen LogP contribution in [0.25, 0.3) is 0 Å². The van der Waals surface area contributed by atoms with Crippen molar-refractivity contribution < 1.29 is 0 Å². The maximum absolute atomic E-state index is 3.53. The summed E-state index contributed by atoms with van der Waals surface area (Å²) >= 11 is 1.87. The first-order valence-corrected chi connectivity index (χ1v) is 9.06. The van der Waals surface area contributed by atoms with Crippen LogP contribution in [0.2, 0.25) is 0 Å². The zero-order chi connectivity index (χ0) is 15.4. The van der Waals surface area contributed by atoms with Crippen LogP contribution < -0.4 is 5.32 Å². The molecule has 1 aliphatic heterocycles. The summed E-state index contributed by atoms with van der Waals surface area (Å²) in [5.74, 6) is 0. The Balaban J connectivity index is 0.00000192. The number of nitrogens with zero attached hydrogens (tertiary/aromatic N) is 1. The summed E-state index contributed by atoms with van der Waals surface area (Å²) in [5.41, 5.74) is 1.79. The molecular formula is C19H27ClN2S. The SMILES string of the molecule is CC(c1cccs1)N(Cc1ccccc1)CC1(C)CCNC1.Cl. The molecule has 2 atom stereocenters. The Morgan fingerprint density at radius 3 is 2.61 bits per heavy atom. The van der Waals surface area contributed by atoms with E-state index < -0.39 is 0 Å². The number of nitrogens with one attached hydrogen (secondary N) is 1. The molecule has 1 aromatic heterocycles. The van der Waals surface area contributed by atoms with Gasteiger partial charge in [0, 0.05) is 30.6 Å². The second kappa shape index (κ2) is 8.29. The van der Waals surface area contributed by atoms with E-state index in [1.165, 1.54) is 16.9 Å². The maximum atomic E-state index is 3.53. The predicted molar refractivity (Wildman–Crippen MR) is 102 cm³/mol. The Morgan fingerprint density at radius 1 is 1.22 bits per heavy atom. The Hall–Kier alpha value is -0.870. The van der Waals surface area contributed by atoms with Crippen LogP contribution in [-0.2, 0) is 6.54 Å². The van der Waals surface area contributed by atoms with Crippen molar-refractivity contribution >= 4 is 23.7 Å². The largest absolute Gasteiger partial charge is 0.316 e. The number of thiophene rings is 1. The van der Waals surface area contributed by atoms with E-state index in [9.17, 15) is 0 Å². The number of hydrogen-bond acceptors (Lipinski definition) is 3. The summed E-state index contributed by atoms with van der Waals surface area (Å²) in [4.78, 5) is 4.11. The van der Waals surface area contributed by atoms with Crippen LogP contribution in [0, 0.1) is 5.41 Å². The second-order valence-electron chi connectivity index (χ2n) is 6.82. The number of hydrogen-bond donors (Lipinski definition) is 1. The summed E-state index contributed by atoms with van der Waals surface area (Å²) in [6.45, 7) is 9.23. The lowest BCUT2D eigenvalue weighted by atomic mass is 9.88. The third-order valence-corrected chi connectivity index (χ3v) is 5.82. The lowest BCUT2D eigenvalue weighted by molar-refractivity contribution is 0.130. The number of halogens is 1. The molecule has 0 amide bonds. The second-order valence-corrected chi connectivity index (χ2v) is 7.80. The highest BCUT2D eigenvalue weighted by Gasteiger charge is 2.32. The molecular weight excluding hydrogens is 324 g/mol. The van der Waals surface area contributed by atoms with Crippen molar-refractivity contribution in [3.8, 4) is 0 Å². The van der Waals surface area contributed by atoms with Crippen LogP contribution in [-0.4, -0.2) is 24.5 Å². The van der Waals surface area contributed by atoms with Gasteiger partial charge in [-0.25, -0.2) is 0 Å². The van der Waals surface area contributed by atoms with Crippen molar-refractivity contribution in [2.45, 2.75) is 32.9 Å². The van der Waals surface area contributed by atoms with E-state index in [4.69, 9.17) is 0 Å². The first-order chi connectivity index (χ1) is 10.7. The first-order valence-electron chi connectivity index (χ1n) is 8.18. The molecule has 1 saturated heterocycles. The predicted octanol–water partition coefficient (Wildman–Crippen LogP) is 4.73. The minimum atomic E-state index is 0. The molecule has 0 spiro atoms. The van der Waals surface area contributed by atoms with Gasteiger partial charge in [0.05, 0.1) is 0 Å². The molecule has 1 aliphatic rings. The van der Waals surface area contributed by atoms with Gasteiger partial charge in [0.1, 0.15) is 0 Å². The van der Waals surface area contributed by atoms with Gasteiger partial charge in [-0.3, -0.25) is 4.90 Å². The smallest absolute Gasteiger partial charge is 0.0417 e. The van der Waals surface area contributed by atoms with Crippen LogP contribution in [0.4, 0.5) is 0 Å². The average molecular weight is 351 g/mol. The molecule has 1 N–H and O–H groups in total. The van der Waals surface area contributed by atoms with E-state index in [1.807, 2.05) is 11.3 Å². The van der Waals surface area contributed by atoms with E-state index in [-0.39, 0.29) is 12.4 Å². The van der Waals surface area contributed by atoms with Crippen LogP contribution >= 0.6 is 23.7 Å². The quantitative estimate of drug-likeness (QED) is 0.810. The molecule has 126 valence electrons. The molecule has 1 fully saturated rings. The lowest BCUT2D eigenvalue weighted by Gasteiger charge is -2.36. The minimum absolute atomic E-state index is 0. The lowest BCUT2D eigenvalue weighted by Crippen LogP contribution is -2.38. The van der Waals surface area contributed by atoms with E-state index in [0.717, 1.165) is 26.2 Å². The average Bonchev–Trinajstić information content (AvgIpc) is 3.19. The highest BCUT2D eigenvalue weighted by Crippen LogP contribution is 2.32. The Morgan fingerprint density at radius 2 is 2.00 bits per heavy atom. The fourth-order valence-electron chi connectivity index (χ4n) is 3.35. The summed E-state index contributed by atoms with van der Waals surface area (Å²) in [7, 11) is 0. The Bertz CT molecular complexity index is 564. The third-order valence-electron chi connectivity index (χ3n) is 4.77. The molecule has 2 aromatic rings. The van der Waals surface area contributed by atoms with Crippen molar-refractivity contribution in [1.82, 2.24) is 10.2 Å². The van der Waals surface area contributed by atoms with Crippen LogP contribution in [0.3, 0.4) is 0 Å². The Kier molecular flexibility index (Phi) is 6.66. The topological polar surface area (TPSA) is 15.3 Å².